The van der Waals surface area contributed by atoms with Gasteiger partial charge in [0.2, 0.25) is 0 Å². The summed E-state index contributed by atoms with van der Waals surface area (Å²) < 4.78 is 0. The van der Waals surface area contributed by atoms with Crippen LogP contribution in [0.4, 0.5) is 0 Å². The summed E-state index contributed by atoms with van der Waals surface area (Å²) in [4.78, 5) is 13.6. The third-order valence-electron chi connectivity index (χ3n) is 4.19. The maximum Gasteiger partial charge on any atom is 0.320 e. The van der Waals surface area contributed by atoms with Crippen molar-refractivity contribution in [2.75, 3.05) is 26.2 Å². The molecule has 4 heteroatoms. The number of aliphatic carboxylic acids is 1. The molecule has 21 heavy (non-hydrogen) atoms. The van der Waals surface area contributed by atoms with E-state index in [2.05, 4.69) is 41.4 Å². The Morgan fingerprint density at radius 3 is 2.43 bits per heavy atom. The van der Waals surface area contributed by atoms with E-state index in [0.717, 1.165) is 45.4 Å². The number of hydrogen-bond donors (Lipinski definition) is 2. The Bertz CT molecular complexity index is 435. The zero-order valence-electron chi connectivity index (χ0n) is 12.8. The number of nitrogens with zero attached hydrogens (tertiary/aromatic N) is 1. The van der Waals surface area contributed by atoms with Gasteiger partial charge in [0.1, 0.15) is 6.04 Å². The molecule has 0 amide bonds. The average Bonchev–Trinajstić information content (AvgIpc) is 2.69. The largest absolute Gasteiger partial charge is 0.480 e. The molecule has 1 aliphatic heterocycles. The fourth-order valence-electron chi connectivity index (χ4n) is 2.88. The van der Waals surface area contributed by atoms with Crippen LogP contribution in [-0.4, -0.2) is 48.2 Å². The summed E-state index contributed by atoms with van der Waals surface area (Å²) in [5.74, 6) is -0.735. The van der Waals surface area contributed by atoms with Gasteiger partial charge < -0.3 is 15.3 Å². The molecular formula is C17H26N2O2. The van der Waals surface area contributed by atoms with Gasteiger partial charge in [-0.3, -0.25) is 4.79 Å². The normalized spacial score (nSPS) is 17.0. The van der Waals surface area contributed by atoms with E-state index in [1.165, 1.54) is 11.1 Å². The molecule has 2 N–H and O–H groups in total. The van der Waals surface area contributed by atoms with Crippen LogP contribution < -0.4 is 5.32 Å². The summed E-state index contributed by atoms with van der Waals surface area (Å²) in [6.45, 7) is 5.72. The van der Waals surface area contributed by atoms with E-state index in [0.29, 0.717) is 6.42 Å². The first kappa shape index (κ1) is 16.0. The minimum Gasteiger partial charge on any atom is -0.480 e. The standard InChI is InChI=1S/C17H26N2O2/c1-2-10-18-16(17(20)21)9-13-19-11-7-14-5-3-4-6-15(14)8-12-19/h3-6,16,18H,2,7-13H2,1H3,(H,20,21). The molecule has 0 spiro atoms. The molecule has 0 saturated carbocycles. The monoisotopic (exact) mass is 290 g/mol. The SMILES string of the molecule is CCCNC(CCN1CCc2ccccc2CC1)C(=O)O. The van der Waals surface area contributed by atoms with Crippen molar-refractivity contribution in [3.8, 4) is 0 Å². The van der Waals surface area contributed by atoms with Gasteiger partial charge in [-0.25, -0.2) is 0 Å². The minimum atomic E-state index is -0.735. The van der Waals surface area contributed by atoms with Crippen LogP contribution in [0.2, 0.25) is 0 Å². The van der Waals surface area contributed by atoms with Crippen molar-refractivity contribution in [1.29, 1.82) is 0 Å². The quantitative estimate of drug-likeness (QED) is 0.806. The highest BCUT2D eigenvalue weighted by molar-refractivity contribution is 5.73. The van der Waals surface area contributed by atoms with E-state index in [4.69, 9.17) is 0 Å². The van der Waals surface area contributed by atoms with Gasteiger partial charge >= 0.3 is 5.97 Å². The number of fused-ring (bicyclic) bond motifs is 1. The maximum atomic E-state index is 11.2. The van der Waals surface area contributed by atoms with Gasteiger partial charge in [0.25, 0.3) is 0 Å². The minimum absolute atomic E-state index is 0.421. The third kappa shape index (κ3) is 4.83. The molecule has 0 aromatic heterocycles. The first-order valence-corrected chi connectivity index (χ1v) is 7.96. The van der Waals surface area contributed by atoms with E-state index < -0.39 is 12.0 Å². The third-order valence-corrected chi connectivity index (χ3v) is 4.19. The molecule has 0 aliphatic carbocycles. The number of rotatable bonds is 7. The Kier molecular flexibility index (Phi) is 6.21. The zero-order valence-corrected chi connectivity index (χ0v) is 12.8. The van der Waals surface area contributed by atoms with E-state index in [1.54, 1.807) is 0 Å². The molecule has 0 radical (unpaired) electrons. The smallest absolute Gasteiger partial charge is 0.320 e. The Balaban J connectivity index is 1.83. The lowest BCUT2D eigenvalue weighted by Gasteiger charge is -2.22. The molecule has 1 aliphatic rings. The first-order valence-electron chi connectivity index (χ1n) is 7.96. The first-order chi connectivity index (χ1) is 10.2. The van der Waals surface area contributed by atoms with Crippen molar-refractivity contribution >= 4 is 5.97 Å². The van der Waals surface area contributed by atoms with E-state index >= 15 is 0 Å². The molecule has 116 valence electrons. The number of carboxylic acids is 1. The highest BCUT2D eigenvalue weighted by Gasteiger charge is 2.19. The van der Waals surface area contributed by atoms with Crippen molar-refractivity contribution in [2.45, 2.75) is 38.6 Å². The molecule has 0 saturated heterocycles. The maximum absolute atomic E-state index is 11.2. The van der Waals surface area contributed by atoms with E-state index in [1.807, 2.05) is 0 Å². The Hall–Kier alpha value is -1.39. The molecule has 2 rings (SSSR count). The van der Waals surface area contributed by atoms with Crippen molar-refractivity contribution in [3.05, 3.63) is 35.4 Å². The predicted octanol–water partition coefficient (Wildman–Crippen LogP) is 1.93. The number of nitrogens with one attached hydrogen (secondary N) is 1. The van der Waals surface area contributed by atoms with Crippen LogP contribution in [0.3, 0.4) is 0 Å². The van der Waals surface area contributed by atoms with Crippen molar-refractivity contribution < 1.29 is 9.90 Å². The van der Waals surface area contributed by atoms with E-state index in [-0.39, 0.29) is 0 Å². The molecule has 0 fully saturated rings. The van der Waals surface area contributed by atoms with Crippen LogP contribution in [0.1, 0.15) is 30.9 Å². The molecule has 1 aromatic carbocycles. The van der Waals surface area contributed by atoms with Crippen LogP contribution in [0, 0.1) is 0 Å². The van der Waals surface area contributed by atoms with Gasteiger partial charge in [-0.15, -0.1) is 0 Å². The highest BCUT2D eigenvalue weighted by Crippen LogP contribution is 2.15. The van der Waals surface area contributed by atoms with Crippen LogP contribution in [-0.2, 0) is 17.6 Å². The summed E-state index contributed by atoms with van der Waals surface area (Å²) in [6, 6.07) is 8.20. The molecule has 0 bridgehead atoms. The van der Waals surface area contributed by atoms with Gasteiger partial charge in [-0.1, -0.05) is 31.2 Å². The lowest BCUT2D eigenvalue weighted by Crippen LogP contribution is -2.40. The van der Waals surface area contributed by atoms with Gasteiger partial charge in [-0.2, -0.15) is 0 Å². The van der Waals surface area contributed by atoms with Crippen LogP contribution in [0.15, 0.2) is 24.3 Å². The highest BCUT2D eigenvalue weighted by atomic mass is 16.4. The van der Waals surface area contributed by atoms with Gasteiger partial charge in [-0.05, 0) is 43.4 Å². The van der Waals surface area contributed by atoms with Gasteiger partial charge in [0, 0.05) is 19.6 Å². The number of carboxylic acid groups (broad SMARTS) is 1. The van der Waals surface area contributed by atoms with Crippen molar-refractivity contribution in [2.24, 2.45) is 0 Å². The zero-order chi connectivity index (χ0) is 15.1. The van der Waals surface area contributed by atoms with Gasteiger partial charge in [0.15, 0.2) is 0 Å². The number of hydrogen-bond acceptors (Lipinski definition) is 3. The number of benzene rings is 1. The Morgan fingerprint density at radius 1 is 1.29 bits per heavy atom. The second kappa shape index (κ2) is 8.15. The summed E-state index contributed by atoms with van der Waals surface area (Å²) in [6.07, 6.45) is 3.76. The Labute approximate surface area is 127 Å². The fourth-order valence-corrected chi connectivity index (χ4v) is 2.88. The molecular weight excluding hydrogens is 264 g/mol. The summed E-state index contributed by atoms with van der Waals surface area (Å²) >= 11 is 0. The van der Waals surface area contributed by atoms with Gasteiger partial charge in [0.05, 0.1) is 0 Å². The second-order valence-electron chi connectivity index (χ2n) is 5.74. The molecule has 1 aromatic rings. The Morgan fingerprint density at radius 2 is 1.90 bits per heavy atom. The van der Waals surface area contributed by atoms with Crippen molar-refractivity contribution in [3.63, 3.8) is 0 Å². The second-order valence-corrected chi connectivity index (χ2v) is 5.74. The summed E-state index contributed by atoms with van der Waals surface area (Å²) in [5.41, 5.74) is 2.89. The van der Waals surface area contributed by atoms with Crippen LogP contribution in [0.5, 0.6) is 0 Å². The lowest BCUT2D eigenvalue weighted by molar-refractivity contribution is -0.139. The predicted molar refractivity (Wildman–Crippen MR) is 84.6 cm³/mol. The summed E-state index contributed by atoms with van der Waals surface area (Å²) in [5, 5.41) is 12.4. The fraction of sp³-hybridized carbons (Fsp3) is 0.588. The van der Waals surface area contributed by atoms with Crippen molar-refractivity contribution in [1.82, 2.24) is 10.2 Å². The molecule has 1 heterocycles. The van der Waals surface area contributed by atoms with Crippen LogP contribution in [0.25, 0.3) is 0 Å². The number of carbonyl (C=O) groups is 1. The molecule has 4 nitrogen and oxygen atoms in total. The topological polar surface area (TPSA) is 52.6 Å². The lowest BCUT2D eigenvalue weighted by atomic mass is 10.0. The molecule has 1 unspecified atom stereocenters. The van der Waals surface area contributed by atoms with E-state index in [9.17, 15) is 9.90 Å². The average molecular weight is 290 g/mol. The summed E-state index contributed by atoms with van der Waals surface area (Å²) in [7, 11) is 0. The molecule has 1 atom stereocenters. The van der Waals surface area contributed by atoms with Crippen LogP contribution >= 0.6 is 0 Å².